The normalized spacial score (nSPS) is 21.9. The first-order valence-electron chi connectivity index (χ1n) is 9.30. The number of hydrogen-bond donors (Lipinski definition) is 0. The Balaban J connectivity index is 1.50. The third-order valence-corrected chi connectivity index (χ3v) is 5.68. The highest BCUT2D eigenvalue weighted by molar-refractivity contribution is 5.97. The molecule has 0 aliphatic carbocycles. The topological polar surface area (TPSA) is 49.9 Å². The second-order valence-corrected chi connectivity index (χ2v) is 7.70. The van der Waals surface area contributed by atoms with E-state index in [4.69, 9.17) is 4.74 Å². The first-order chi connectivity index (χ1) is 13.0. The van der Waals surface area contributed by atoms with Gasteiger partial charge >= 0.3 is 0 Å². The van der Waals surface area contributed by atoms with Crippen LogP contribution in [0.25, 0.3) is 0 Å². The van der Waals surface area contributed by atoms with E-state index < -0.39 is 0 Å². The molecule has 0 saturated carbocycles. The van der Waals surface area contributed by atoms with Crippen LogP contribution in [0, 0.1) is 12.3 Å². The Morgan fingerprint density at radius 2 is 1.93 bits per heavy atom. The Bertz CT molecular complexity index is 895. The average Bonchev–Trinajstić information content (AvgIpc) is 3.24. The Morgan fingerprint density at radius 3 is 2.70 bits per heavy atom. The molecule has 0 N–H and O–H groups in total. The molecule has 2 aliphatic rings. The minimum absolute atomic E-state index is 0.00669. The number of hydrogen-bond acceptors (Lipinski definition) is 3. The van der Waals surface area contributed by atoms with Crippen LogP contribution in [0.15, 0.2) is 48.5 Å². The van der Waals surface area contributed by atoms with Gasteiger partial charge in [-0.05, 0) is 49.2 Å². The fourth-order valence-electron chi connectivity index (χ4n) is 4.25. The van der Waals surface area contributed by atoms with Crippen LogP contribution in [0.4, 0.5) is 5.69 Å². The number of rotatable bonds is 3. The molecule has 2 fully saturated rings. The molecule has 0 unspecified atom stereocenters. The van der Waals surface area contributed by atoms with E-state index in [1.807, 2.05) is 59.2 Å². The zero-order chi connectivity index (χ0) is 19.0. The summed E-state index contributed by atoms with van der Waals surface area (Å²) in [5.74, 6) is 0.833. The van der Waals surface area contributed by atoms with E-state index in [-0.39, 0.29) is 17.2 Å². The van der Waals surface area contributed by atoms with Crippen LogP contribution in [0.2, 0.25) is 0 Å². The number of methoxy groups -OCH3 is 1. The van der Waals surface area contributed by atoms with E-state index in [0.29, 0.717) is 37.4 Å². The van der Waals surface area contributed by atoms with Gasteiger partial charge in [-0.1, -0.05) is 18.2 Å². The number of anilines is 1. The van der Waals surface area contributed by atoms with Crippen molar-refractivity contribution in [1.82, 2.24) is 4.90 Å². The number of benzene rings is 2. The van der Waals surface area contributed by atoms with Crippen molar-refractivity contribution in [3.63, 3.8) is 0 Å². The van der Waals surface area contributed by atoms with E-state index in [1.54, 1.807) is 13.2 Å². The highest BCUT2D eigenvalue weighted by atomic mass is 16.5. The molecule has 2 aromatic rings. The summed E-state index contributed by atoms with van der Waals surface area (Å²) in [6.45, 7) is 4.02. The highest BCUT2D eigenvalue weighted by Gasteiger charge is 2.48. The molecule has 140 valence electrons. The predicted octanol–water partition coefficient (Wildman–Crippen LogP) is 3.27. The van der Waals surface area contributed by atoms with Gasteiger partial charge < -0.3 is 14.5 Å². The van der Waals surface area contributed by atoms with Crippen LogP contribution in [0.5, 0.6) is 5.75 Å². The number of amides is 2. The minimum Gasteiger partial charge on any atom is -0.497 e. The summed E-state index contributed by atoms with van der Waals surface area (Å²) < 4.78 is 5.23. The van der Waals surface area contributed by atoms with Gasteiger partial charge in [0.25, 0.3) is 5.91 Å². The molecule has 5 nitrogen and oxygen atoms in total. The highest BCUT2D eigenvalue weighted by Crippen LogP contribution is 2.42. The summed E-state index contributed by atoms with van der Waals surface area (Å²) in [5, 5.41) is 0. The molecule has 27 heavy (non-hydrogen) atoms. The molecule has 0 aromatic heterocycles. The maximum Gasteiger partial charge on any atom is 0.254 e. The van der Waals surface area contributed by atoms with Crippen LogP contribution >= 0.6 is 0 Å². The zero-order valence-electron chi connectivity index (χ0n) is 15.8. The van der Waals surface area contributed by atoms with Gasteiger partial charge in [0.15, 0.2) is 0 Å². The lowest BCUT2D eigenvalue weighted by molar-refractivity contribution is -0.117. The number of ether oxygens (including phenoxy) is 1. The van der Waals surface area contributed by atoms with Gasteiger partial charge in [-0.3, -0.25) is 9.59 Å². The summed E-state index contributed by atoms with van der Waals surface area (Å²) in [4.78, 5) is 29.3. The van der Waals surface area contributed by atoms with E-state index in [0.717, 1.165) is 17.7 Å². The second-order valence-electron chi connectivity index (χ2n) is 7.70. The molecule has 0 radical (unpaired) electrons. The fourth-order valence-corrected chi connectivity index (χ4v) is 4.25. The molecule has 0 bridgehead atoms. The molecule has 5 heteroatoms. The maximum atomic E-state index is 12.9. The van der Waals surface area contributed by atoms with Crippen LogP contribution in [0.1, 0.15) is 28.8 Å². The van der Waals surface area contributed by atoms with Crippen molar-refractivity contribution in [3.05, 3.63) is 59.7 Å². The quantitative estimate of drug-likeness (QED) is 0.840. The van der Waals surface area contributed by atoms with Gasteiger partial charge in [-0.2, -0.15) is 0 Å². The predicted molar refractivity (Wildman–Crippen MR) is 104 cm³/mol. The first-order valence-corrected chi connectivity index (χ1v) is 9.30. The van der Waals surface area contributed by atoms with Gasteiger partial charge in [-0.15, -0.1) is 0 Å². The van der Waals surface area contributed by atoms with Gasteiger partial charge in [0.2, 0.25) is 5.91 Å². The molecule has 2 amide bonds. The molecule has 2 aliphatic heterocycles. The second kappa shape index (κ2) is 6.72. The minimum atomic E-state index is -0.143. The first kappa shape index (κ1) is 17.6. The molecule has 2 heterocycles. The van der Waals surface area contributed by atoms with E-state index >= 15 is 0 Å². The summed E-state index contributed by atoms with van der Waals surface area (Å²) in [6, 6.07) is 15.3. The van der Waals surface area contributed by atoms with E-state index in [2.05, 4.69) is 0 Å². The van der Waals surface area contributed by atoms with Crippen molar-refractivity contribution in [3.8, 4) is 5.75 Å². The van der Waals surface area contributed by atoms with Crippen molar-refractivity contribution >= 4 is 17.5 Å². The van der Waals surface area contributed by atoms with Gasteiger partial charge in [0.1, 0.15) is 5.75 Å². The van der Waals surface area contributed by atoms with Crippen molar-refractivity contribution in [2.45, 2.75) is 19.8 Å². The number of carbonyl (C=O) groups is 2. The van der Waals surface area contributed by atoms with Crippen molar-refractivity contribution < 1.29 is 14.3 Å². The molecule has 1 spiro atoms. The lowest BCUT2D eigenvalue weighted by atomic mass is 9.86. The van der Waals surface area contributed by atoms with Crippen LogP contribution < -0.4 is 9.64 Å². The monoisotopic (exact) mass is 364 g/mol. The lowest BCUT2D eigenvalue weighted by Gasteiger charge is -2.24. The van der Waals surface area contributed by atoms with Crippen molar-refractivity contribution in [2.24, 2.45) is 5.41 Å². The molecular formula is C22H24N2O3. The summed E-state index contributed by atoms with van der Waals surface area (Å²) in [5.41, 5.74) is 2.58. The third kappa shape index (κ3) is 3.29. The summed E-state index contributed by atoms with van der Waals surface area (Å²) >= 11 is 0. The van der Waals surface area contributed by atoms with Crippen LogP contribution in [-0.4, -0.2) is 43.5 Å². The zero-order valence-corrected chi connectivity index (χ0v) is 15.8. The molecular weight excluding hydrogens is 340 g/mol. The van der Waals surface area contributed by atoms with Crippen LogP contribution in [0.3, 0.4) is 0 Å². The molecule has 2 aromatic carbocycles. The summed E-state index contributed by atoms with van der Waals surface area (Å²) in [6.07, 6.45) is 1.36. The molecule has 2 saturated heterocycles. The van der Waals surface area contributed by atoms with Crippen molar-refractivity contribution in [2.75, 3.05) is 31.6 Å². The number of aryl methyl sites for hydroxylation is 1. The van der Waals surface area contributed by atoms with E-state index in [9.17, 15) is 9.59 Å². The lowest BCUT2D eigenvalue weighted by Crippen LogP contribution is -2.34. The Morgan fingerprint density at radius 1 is 1.11 bits per heavy atom. The van der Waals surface area contributed by atoms with E-state index in [1.165, 1.54) is 0 Å². The SMILES string of the molecule is COc1cccc(C(=O)N2CC[C@]3(CC(=O)N(c4cccc(C)c4)C3)C2)c1. The summed E-state index contributed by atoms with van der Waals surface area (Å²) in [7, 11) is 1.60. The third-order valence-electron chi connectivity index (χ3n) is 5.68. The van der Waals surface area contributed by atoms with Gasteiger partial charge in [-0.25, -0.2) is 0 Å². The average molecular weight is 364 g/mol. The van der Waals surface area contributed by atoms with Gasteiger partial charge in [0.05, 0.1) is 7.11 Å². The standard InChI is InChI=1S/C22H24N2O3/c1-16-5-3-7-18(11-16)24-15-22(13-20(24)25)9-10-23(14-22)21(26)17-6-4-8-19(12-17)27-2/h3-8,11-12H,9-10,13-15H2,1-2H3/t22-/m0/s1. The maximum absolute atomic E-state index is 12.9. The smallest absolute Gasteiger partial charge is 0.254 e. The molecule has 4 rings (SSSR count). The Hall–Kier alpha value is -2.82. The fraction of sp³-hybridized carbons (Fsp3) is 0.364. The molecule has 1 atom stereocenters. The number of nitrogens with zero attached hydrogens (tertiary/aromatic N) is 2. The number of likely N-dealkylation sites (tertiary alicyclic amines) is 1. The van der Waals surface area contributed by atoms with Gasteiger partial charge in [0, 0.05) is 42.7 Å². The Labute approximate surface area is 159 Å². The van der Waals surface area contributed by atoms with Crippen LogP contribution in [-0.2, 0) is 4.79 Å². The largest absolute Gasteiger partial charge is 0.497 e. The van der Waals surface area contributed by atoms with Crippen molar-refractivity contribution in [1.29, 1.82) is 0 Å². The number of carbonyl (C=O) groups excluding carboxylic acids is 2. The Kier molecular flexibility index (Phi) is 4.38.